The topological polar surface area (TPSA) is 12.9 Å². The molecular weight excluding hydrogens is 194 g/mol. The summed E-state index contributed by atoms with van der Waals surface area (Å²) in [4.78, 5) is 4.66. The summed E-state index contributed by atoms with van der Waals surface area (Å²) in [5.41, 5.74) is 2.91. The first-order chi connectivity index (χ1) is 7.92. The van der Waals surface area contributed by atoms with E-state index >= 15 is 0 Å². The van der Waals surface area contributed by atoms with E-state index in [2.05, 4.69) is 24.0 Å². The summed E-state index contributed by atoms with van der Waals surface area (Å²) in [5, 5.41) is 0. The van der Waals surface area contributed by atoms with E-state index in [-0.39, 0.29) is 0 Å². The molecule has 0 atom stereocenters. The quantitative estimate of drug-likeness (QED) is 0.681. The number of pyridine rings is 1. The molecule has 1 aromatic rings. The lowest BCUT2D eigenvalue weighted by Gasteiger charge is -2.17. The number of nitrogens with zero attached hydrogens (tertiary/aromatic N) is 1. The molecule has 1 nitrogen and oxygen atoms in total. The summed E-state index contributed by atoms with van der Waals surface area (Å²) < 4.78 is 0. The van der Waals surface area contributed by atoms with Gasteiger partial charge >= 0.3 is 0 Å². The van der Waals surface area contributed by atoms with Crippen molar-refractivity contribution in [3.05, 3.63) is 29.6 Å². The standard InChI is InChI=1S/C15H23N/c1-2-8-13-11-7-12-16-15(13)14-9-5-3-4-6-10-14/h7,11-12,14H,2-6,8-10H2,1H3. The molecule has 88 valence electrons. The maximum atomic E-state index is 4.66. The molecule has 1 fully saturated rings. The molecule has 0 radical (unpaired) electrons. The number of rotatable bonds is 3. The van der Waals surface area contributed by atoms with Crippen molar-refractivity contribution in [3.63, 3.8) is 0 Å². The number of aryl methyl sites for hydroxylation is 1. The molecule has 1 aliphatic rings. The summed E-state index contributed by atoms with van der Waals surface area (Å²) >= 11 is 0. The van der Waals surface area contributed by atoms with Gasteiger partial charge in [-0.05, 0) is 30.9 Å². The predicted molar refractivity (Wildman–Crippen MR) is 68.7 cm³/mol. The monoisotopic (exact) mass is 217 g/mol. The average Bonchev–Trinajstić information content (AvgIpc) is 2.59. The Labute approximate surface area is 99.3 Å². The summed E-state index contributed by atoms with van der Waals surface area (Å²) in [7, 11) is 0. The lowest BCUT2D eigenvalue weighted by Crippen LogP contribution is -2.04. The molecule has 0 bridgehead atoms. The van der Waals surface area contributed by atoms with E-state index in [9.17, 15) is 0 Å². The summed E-state index contributed by atoms with van der Waals surface area (Å²) in [6.45, 7) is 2.25. The Morgan fingerprint density at radius 1 is 1.19 bits per heavy atom. The van der Waals surface area contributed by atoms with Crippen LogP contribution in [-0.4, -0.2) is 4.98 Å². The Morgan fingerprint density at radius 3 is 2.62 bits per heavy atom. The van der Waals surface area contributed by atoms with E-state index < -0.39 is 0 Å². The predicted octanol–water partition coefficient (Wildman–Crippen LogP) is 4.47. The fraction of sp³-hybridized carbons (Fsp3) is 0.667. The minimum absolute atomic E-state index is 0.741. The fourth-order valence-electron chi connectivity index (χ4n) is 2.85. The third-order valence-corrected chi connectivity index (χ3v) is 3.69. The van der Waals surface area contributed by atoms with Gasteiger partial charge in [0.05, 0.1) is 0 Å². The first kappa shape index (κ1) is 11.6. The molecule has 0 amide bonds. The zero-order valence-corrected chi connectivity index (χ0v) is 10.4. The highest BCUT2D eigenvalue weighted by molar-refractivity contribution is 5.23. The summed E-state index contributed by atoms with van der Waals surface area (Å²) in [5.74, 6) is 0.741. The van der Waals surface area contributed by atoms with Gasteiger partial charge in [0.25, 0.3) is 0 Å². The SMILES string of the molecule is CCCc1cccnc1C1CCCCCC1. The van der Waals surface area contributed by atoms with Crippen molar-refractivity contribution in [2.75, 3.05) is 0 Å². The number of hydrogen-bond donors (Lipinski definition) is 0. The molecule has 0 aliphatic heterocycles. The first-order valence-electron chi connectivity index (χ1n) is 6.85. The van der Waals surface area contributed by atoms with E-state index in [1.807, 2.05) is 6.20 Å². The summed E-state index contributed by atoms with van der Waals surface area (Å²) in [6, 6.07) is 4.36. The maximum Gasteiger partial charge on any atom is 0.0466 e. The van der Waals surface area contributed by atoms with Gasteiger partial charge in [-0.15, -0.1) is 0 Å². The first-order valence-corrected chi connectivity index (χ1v) is 6.85. The van der Waals surface area contributed by atoms with Crippen LogP contribution in [0.25, 0.3) is 0 Å². The van der Waals surface area contributed by atoms with Crippen LogP contribution in [0.5, 0.6) is 0 Å². The molecule has 0 spiro atoms. The van der Waals surface area contributed by atoms with Crippen molar-refractivity contribution in [2.24, 2.45) is 0 Å². The van der Waals surface area contributed by atoms with Crippen molar-refractivity contribution in [2.45, 2.75) is 64.2 Å². The molecule has 1 heterocycles. The van der Waals surface area contributed by atoms with Crippen LogP contribution < -0.4 is 0 Å². The van der Waals surface area contributed by atoms with Crippen molar-refractivity contribution < 1.29 is 0 Å². The molecule has 0 saturated heterocycles. The lowest BCUT2D eigenvalue weighted by molar-refractivity contribution is 0.570. The third kappa shape index (κ3) is 2.84. The molecular formula is C15H23N. The van der Waals surface area contributed by atoms with E-state index in [4.69, 9.17) is 0 Å². The van der Waals surface area contributed by atoms with Gasteiger partial charge in [-0.3, -0.25) is 4.98 Å². The van der Waals surface area contributed by atoms with Crippen LogP contribution in [0, 0.1) is 0 Å². The molecule has 1 aliphatic carbocycles. The smallest absolute Gasteiger partial charge is 0.0466 e. The second-order valence-corrected chi connectivity index (χ2v) is 4.99. The van der Waals surface area contributed by atoms with Crippen molar-refractivity contribution in [1.29, 1.82) is 0 Å². The summed E-state index contributed by atoms with van der Waals surface area (Å²) in [6.07, 6.45) is 12.7. The normalized spacial score (nSPS) is 18.3. The molecule has 1 aromatic heterocycles. The second kappa shape index (κ2) is 6.03. The van der Waals surface area contributed by atoms with Crippen LogP contribution in [0.3, 0.4) is 0 Å². The van der Waals surface area contributed by atoms with Gasteiger partial charge in [-0.2, -0.15) is 0 Å². The van der Waals surface area contributed by atoms with Crippen LogP contribution in [0.15, 0.2) is 18.3 Å². The Balaban J connectivity index is 2.16. The Bertz CT molecular complexity index is 311. The van der Waals surface area contributed by atoms with Gasteiger partial charge in [0, 0.05) is 17.8 Å². The lowest BCUT2D eigenvalue weighted by atomic mass is 9.91. The van der Waals surface area contributed by atoms with E-state index in [1.54, 1.807) is 0 Å². The molecule has 1 heteroatoms. The van der Waals surface area contributed by atoms with Crippen molar-refractivity contribution >= 4 is 0 Å². The number of hydrogen-bond acceptors (Lipinski definition) is 1. The molecule has 0 unspecified atom stereocenters. The largest absolute Gasteiger partial charge is 0.261 e. The second-order valence-electron chi connectivity index (χ2n) is 4.99. The van der Waals surface area contributed by atoms with Crippen LogP contribution in [0.2, 0.25) is 0 Å². The highest BCUT2D eigenvalue weighted by atomic mass is 14.7. The molecule has 1 saturated carbocycles. The maximum absolute atomic E-state index is 4.66. The van der Waals surface area contributed by atoms with Crippen molar-refractivity contribution in [3.8, 4) is 0 Å². The molecule has 0 aromatic carbocycles. The minimum atomic E-state index is 0.741. The number of aromatic nitrogens is 1. The molecule has 16 heavy (non-hydrogen) atoms. The van der Waals surface area contributed by atoms with Gasteiger partial charge < -0.3 is 0 Å². The van der Waals surface area contributed by atoms with E-state index in [0.717, 1.165) is 5.92 Å². The Kier molecular flexibility index (Phi) is 4.38. The molecule has 0 N–H and O–H groups in total. The van der Waals surface area contributed by atoms with E-state index in [0.29, 0.717) is 0 Å². The third-order valence-electron chi connectivity index (χ3n) is 3.69. The van der Waals surface area contributed by atoms with Gasteiger partial charge in [0.1, 0.15) is 0 Å². The average molecular weight is 217 g/mol. The van der Waals surface area contributed by atoms with Crippen LogP contribution in [0.4, 0.5) is 0 Å². The Hall–Kier alpha value is -0.850. The van der Waals surface area contributed by atoms with Crippen molar-refractivity contribution in [1.82, 2.24) is 4.98 Å². The van der Waals surface area contributed by atoms with Gasteiger partial charge in [0.2, 0.25) is 0 Å². The zero-order chi connectivity index (χ0) is 11.2. The van der Waals surface area contributed by atoms with Crippen LogP contribution in [-0.2, 0) is 6.42 Å². The van der Waals surface area contributed by atoms with E-state index in [1.165, 1.54) is 62.6 Å². The fourth-order valence-corrected chi connectivity index (χ4v) is 2.85. The van der Waals surface area contributed by atoms with Gasteiger partial charge in [-0.25, -0.2) is 0 Å². The van der Waals surface area contributed by atoms with Gasteiger partial charge in [-0.1, -0.05) is 45.1 Å². The molecule has 2 rings (SSSR count). The van der Waals surface area contributed by atoms with Gasteiger partial charge in [0.15, 0.2) is 0 Å². The highest BCUT2D eigenvalue weighted by Crippen LogP contribution is 2.32. The van der Waals surface area contributed by atoms with Crippen LogP contribution in [0.1, 0.15) is 69.0 Å². The Morgan fingerprint density at radius 2 is 1.94 bits per heavy atom. The highest BCUT2D eigenvalue weighted by Gasteiger charge is 2.17. The zero-order valence-electron chi connectivity index (χ0n) is 10.4. The minimum Gasteiger partial charge on any atom is -0.261 e. The van der Waals surface area contributed by atoms with Crippen LogP contribution >= 0.6 is 0 Å².